The summed E-state index contributed by atoms with van der Waals surface area (Å²) in [6.45, 7) is 7.18. The Hall–Kier alpha value is -0.120. The van der Waals surface area contributed by atoms with Gasteiger partial charge in [0.15, 0.2) is 0 Å². The van der Waals surface area contributed by atoms with Gasteiger partial charge in [-0.3, -0.25) is 0 Å². The van der Waals surface area contributed by atoms with Crippen molar-refractivity contribution in [2.45, 2.75) is 45.3 Å². The number of aliphatic hydroxyl groups excluding tert-OH is 1. The monoisotopic (exact) mass is 200 g/mol. The maximum atomic E-state index is 9.89. The van der Waals surface area contributed by atoms with Gasteiger partial charge in [0, 0.05) is 12.6 Å². The molecular weight excluding hydrogens is 176 g/mol. The molecule has 3 N–H and O–H groups in total. The number of rotatable bonds is 5. The first-order chi connectivity index (χ1) is 6.74. The second kappa shape index (κ2) is 6.38. The summed E-state index contributed by atoms with van der Waals surface area (Å²) >= 11 is 0. The van der Waals surface area contributed by atoms with Gasteiger partial charge in [-0.25, -0.2) is 0 Å². The van der Waals surface area contributed by atoms with E-state index < -0.39 is 0 Å². The SMILES string of the molecule is CCCNCC(O)C1CC(C)CCN1. The molecule has 84 valence electrons. The van der Waals surface area contributed by atoms with E-state index in [1.165, 1.54) is 6.42 Å². The van der Waals surface area contributed by atoms with Gasteiger partial charge in [0.05, 0.1) is 6.10 Å². The van der Waals surface area contributed by atoms with Crippen LogP contribution in [0.2, 0.25) is 0 Å². The molecule has 3 unspecified atom stereocenters. The molecule has 1 rings (SSSR count). The van der Waals surface area contributed by atoms with Gasteiger partial charge in [-0.05, 0) is 38.3 Å². The van der Waals surface area contributed by atoms with Gasteiger partial charge in [0.2, 0.25) is 0 Å². The molecule has 14 heavy (non-hydrogen) atoms. The fraction of sp³-hybridized carbons (Fsp3) is 1.00. The molecule has 0 amide bonds. The Balaban J connectivity index is 2.18. The van der Waals surface area contributed by atoms with Crippen molar-refractivity contribution in [1.29, 1.82) is 0 Å². The molecule has 0 radical (unpaired) electrons. The molecule has 1 fully saturated rings. The third-order valence-electron chi connectivity index (χ3n) is 2.94. The van der Waals surface area contributed by atoms with E-state index in [0.29, 0.717) is 6.04 Å². The van der Waals surface area contributed by atoms with Crippen LogP contribution in [0, 0.1) is 5.92 Å². The molecule has 0 aromatic rings. The third-order valence-corrected chi connectivity index (χ3v) is 2.94. The second-order valence-electron chi connectivity index (χ2n) is 4.46. The van der Waals surface area contributed by atoms with Gasteiger partial charge < -0.3 is 15.7 Å². The molecule has 1 aliphatic heterocycles. The number of hydrogen-bond donors (Lipinski definition) is 3. The Labute approximate surface area is 87.3 Å². The molecule has 0 aromatic heterocycles. The molecule has 0 saturated carbocycles. The molecule has 0 bridgehead atoms. The number of nitrogens with one attached hydrogen (secondary N) is 2. The summed E-state index contributed by atoms with van der Waals surface area (Å²) in [5.41, 5.74) is 0. The van der Waals surface area contributed by atoms with Crippen LogP contribution < -0.4 is 10.6 Å². The summed E-state index contributed by atoms with van der Waals surface area (Å²) in [6, 6.07) is 0.295. The maximum Gasteiger partial charge on any atom is 0.0817 e. The Morgan fingerprint density at radius 2 is 2.36 bits per heavy atom. The molecule has 0 aromatic carbocycles. The molecule has 0 spiro atoms. The van der Waals surface area contributed by atoms with Crippen molar-refractivity contribution in [2.75, 3.05) is 19.6 Å². The highest BCUT2D eigenvalue weighted by Gasteiger charge is 2.24. The molecule has 1 heterocycles. The quantitative estimate of drug-likeness (QED) is 0.573. The van der Waals surface area contributed by atoms with E-state index in [1.54, 1.807) is 0 Å². The lowest BCUT2D eigenvalue weighted by molar-refractivity contribution is 0.100. The van der Waals surface area contributed by atoms with Crippen LogP contribution in [-0.2, 0) is 0 Å². The highest BCUT2D eigenvalue weighted by molar-refractivity contribution is 4.83. The summed E-state index contributed by atoms with van der Waals surface area (Å²) in [5.74, 6) is 0.752. The first kappa shape index (κ1) is 12.0. The zero-order valence-electron chi connectivity index (χ0n) is 9.42. The topological polar surface area (TPSA) is 44.3 Å². The largest absolute Gasteiger partial charge is 0.390 e. The minimum Gasteiger partial charge on any atom is -0.390 e. The minimum atomic E-state index is -0.232. The first-order valence-corrected chi connectivity index (χ1v) is 5.86. The lowest BCUT2D eigenvalue weighted by atomic mass is 9.91. The van der Waals surface area contributed by atoms with E-state index in [0.717, 1.165) is 38.4 Å². The Morgan fingerprint density at radius 3 is 3.00 bits per heavy atom. The maximum absolute atomic E-state index is 9.89. The Kier molecular flexibility index (Phi) is 5.45. The zero-order valence-corrected chi connectivity index (χ0v) is 9.42. The van der Waals surface area contributed by atoms with E-state index in [9.17, 15) is 5.11 Å². The summed E-state index contributed by atoms with van der Waals surface area (Å²) in [7, 11) is 0. The molecule has 0 aliphatic carbocycles. The van der Waals surface area contributed by atoms with E-state index in [4.69, 9.17) is 0 Å². The van der Waals surface area contributed by atoms with E-state index in [2.05, 4.69) is 24.5 Å². The van der Waals surface area contributed by atoms with Crippen LogP contribution >= 0.6 is 0 Å². The second-order valence-corrected chi connectivity index (χ2v) is 4.46. The van der Waals surface area contributed by atoms with Gasteiger partial charge in [-0.1, -0.05) is 13.8 Å². The Bertz CT molecular complexity index is 152. The van der Waals surface area contributed by atoms with Crippen LogP contribution in [0.5, 0.6) is 0 Å². The van der Waals surface area contributed by atoms with Gasteiger partial charge in [0.25, 0.3) is 0 Å². The average molecular weight is 200 g/mol. The van der Waals surface area contributed by atoms with Gasteiger partial charge in [0.1, 0.15) is 0 Å². The van der Waals surface area contributed by atoms with Crippen molar-refractivity contribution >= 4 is 0 Å². The third kappa shape index (κ3) is 3.95. The first-order valence-electron chi connectivity index (χ1n) is 5.86. The number of piperidine rings is 1. The molecule has 3 atom stereocenters. The van der Waals surface area contributed by atoms with Gasteiger partial charge >= 0.3 is 0 Å². The molecule has 3 nitrogen and oxygen atoms in total. The smallest absolute Gasteiger partial charge is 0.0817 e. The van der Waals surface area contributed by atoms with Crippen LogP contribution in [0.15, 0.2) is 0 Å². The van der Waals surface area contributed by atoms with Crippen molar-refractivity contribution in [3.8, 4) is 0 Å². The molecular formula is C11H24N2O. The normalized spacial score (nSPS) is 30.2. The highest BCUT2D eigenvalue weighted by Crippen LogP contribution is 2.16. The number of hydrogen-bond acceptors (Lipinski definition) is 3. The summed E-state index contributed by atoms with van der Waals surface area (Å²) in [4.78, 5) is 0. The summed E-state index contributed by atoms with van der Waals surface area (Å²) in [5, 5.41) is 16.5. The molecule has 1 aliphatic rings. The zero-order chi connectivity index (χ0) is 10.4. The van der Waals surface area contributed by atoms with Crippen molar-refractivity contribution in [2.24, 2.45) is 5.92 Å². The minimum absolute atomic E-state index is 0.232. The predicted octanol–water partition coefficient (Wildman–Crippen LogP) is 0.735. The standard InChI is InChI=1S/C11H24N2O/c1-3-5-12-8-11(14)10-7-9(2)4-6-13-10/h9-14H,3-8H2,1-2H3. The fourth-order valence-corrected chi connectivity index (χ4v) is 2.01. The lowest BCUT2D eigenvalue weighted by Gasteiger charge is -2.31. The van der Waals surface area contributed by atoms with Gasteiger partial charge in [-0.2, -0.15) is 0 Å². The lowest BCUT2D eigenvalue weighted by Crippen LogP contribution is -2.49. The van der Waals surface area contributed by atoms with Crippen LogP contribution in [0.1, 0.15) is 33.1 Å². The summed E-state index contributed by atoms with van der Waals surface area (Å²) < 4.78 is 0. The van der Waals surface area contributed by atoms with E-state index >= 15 is 0 Å². The van der Waals surface area contributed by atoms with Crippen molar-refractivity contribution in [3.05, 3.63) is 0 Å². The van der Waals surface area contributed by atoms with Crippen molar-refractivity contribution < 1.29 is 5.11 Å². The fourth-order valence-electron chi connectivity index (χ4n) is 2.01. The van der Waals surface area contributed by atoms with Crippen LogP contribution in [-0.4, -0.2) is 36.9 Å². The predicted molar refractivity (Wildman–Crippen MR) is 59.4 cm³/mol. The summed E-state index contributed by atoms with van der Waals surface area (Å²) in [6.07, 6.45) is 3.24. The van der Waals surface area contributed by atoms with Crippen molar-refractivity contribution in [3.63, 3.8) is 0 Å². The van der Waals surface area contributed by atoms with Crippen molar-refractivity contribution in [1.82, 2.24) is 10.6 Å². The Morgan fingerprint density at radius 1 is 1.57 bits per heavy atom. The molecule has 3 heteroatoms. The van der Waals surface area contributed by atoms with Crippen LogP contribution in [0.3, 0.4) is 0 Å². The van der Waals surface area contributed by atoms with E-state index in [1.807, 2.05) is 0 Å². The number of aliphatic hydroxyl groups is 1. The van der Waals surface area contributed by atoms with E-state index in [-0.39, 0.29) is 6.10 Å². The molecule has 1 saturated heterocycles. The average Bonchev–Trinajstić information content (AvgIpc) is 2.18. The van der Waals surface area contributed by atoms with Crippen LogP contribution in [0.4, 0.5) is 0 Å². The van der Waals surface area contributed by atoms with Crippen LogP contribution in [0.25, 0.3) is 0 Å². The highest BCUT2D eigenvalue weighted by atomic mass is 16.3. The van der Waals surface area contributed by atoms with Gasteiger partial charge in [-0.15, -0.1) is 0 Å².